The van der Waals surface area contributed by atoms with Crippen LogP contribution in [0.1, 0.15) is 65.6 Å². The number of carbonyl (C=O) groups is 1. The van der Waals surface area contributed by atoms with Crippen molar-refractivity contribution in [3.8, 4) is 0 Å². The smallest absolute Gasteiger partial charge is 0.263 e. The van der Waals surface area contributed by atoms with Gasteiger partial charge >= 0.3 is 0 Å². The molecule has 1 aliphatic carbocycles. The predicted octanol–water partition coefficient (Wildman–Crippen LogP) is 4.41. The summed E-state index contributed by atoms with van der Waals surface area (Å²) in [5.41, 5.74) is 1.35. The summed E-state index contributed by atoms with van der Waals surface area (Å²) in [5, 5.41) is 0. The van der Waals surface area contributed by atoms with Gasteiger partial charge in [0.25, 0.3) is 5.91 Å². The average molecular weight is 279 g/mol. The molecule has 1 amide bonds. The van der Waals surface area contributed by atoms with E-state index in [4.69, 9.17) is 0 Å². The van der Waals surface area contributed by atoms with Crippen LogP contribution in [0, 0.1) is 6.92 Å². The Labute approximate surface area is 120 Å². The summed E-state index contributed by atoms with van der Waals surface area (Å²) in [6, 6.07) is 2.57. The minimum atomic E-state index is 0.224. The number of rotatable bonds is 4. The van der Waals surface area contributed by atoms with Gasteiger partial charge in [0.2, 0.25) is 0 Å². The maximum absolute atomic E-state index is 12.6. The topological polar surface area (TPSA) is 20.3 Å². The molecular weight excluding hydrogens is 254 g/mol. The Balaban J connectivity index is 2.07. The molecule has 0 spiro atoms. The Morgan fingerprint density at radius 2 is 2.05 bits per heavy atom. The number of hydrogen-bond donors (Lipinski definition) is 0. The van der Waals surface area contributed by atoms with Crippen LogP contribution in [0.2, 0.25) is 0 Å². The van der Waals surface area contributed by atoms with E-state index in [1.54, 1.807) is 11.3 Å². The Bertz CT molecular complexity index is 432. The van der Waals surface area contributed by atoms with E-state index < -0.39 is 0 Å². The third-order valence-corrected chi connectivity index (χ3v) is 5.27. The van der Waals surface area contributed by atoms with Gasteiger partial charge in [-0.3, -0.25) is 4.79 Å². The second-order valence-corrected chi connectivity index (χ2v) is 6.91. The Kier molecular flexibility index (Phi) is 5.03. The first-order valence-corrected chi connectivity index (χ1v) is 8.31. The Hall–Kier alpha value is -0.830. The maximum atomic E-state index is 12.6. The van der Waals surface area contributed by atoms with Gasteiger partial charge < -0.3 is 4.90 Å². The van der Waals surface area contributed by atoms with Gasteiger partial charge in [-0.15, -0.1) is 11.3 Å². The first-order chi connectivity index (χ1) is 9.13. The maximum Gasteiger partial charge on any atom is 0.263 e. The van der Waals surface area contributed by atoms with Crippen molar-refractivity contribution in [1.82, 2.24) is 4.90 Å². The van der Waals surface area contributed by atoms with Crippen molar-refractivity contribution in [3.63, 3.8) is 0 Å². The molecule has 2 rings (SSSR count). The third kappa shape index (κ3) is 3.38. The van der Waals surface area contributed by atoms with E-state index in [9.17, 15) is 4.79 Å². The molecule has 0 aliphatic heterocycles. The molecule has 0 bridgehead atoms. The van der Waals surface area contributed by atoms with Crippen LogP contribution in [-0.2, 0) is 6.42 Å². The van der Waals surface area contributed by atoms with Crippen molar-refractivity contribution in [2.24, 2.45) is 0 Å². The largest absolute Gasteiger partial charge is 0.338 e. The SMILES string of the molecule is CCCc1cc(C(=O)N(C)C2CCCCC2)sc1C. The Morgan fingerprint density at radius 3 is 2.68 bits per heavy atom. The van der Waals surface area contributed by atoms with Crippen molar-refractivity contribution in [3.05, 3.63) is 21.4 Å². The summed E-state index contributed by atoms with van der Waals surface area (Å²) in [6.07, 6.45) is 8.45. The lowest BCUT2D eigenvalue weighted by Gasteiger charge is -2.30. The zero-order chi connectivity index (χ0) is 13.8. The summed E-state index contributed by atoms with van der Waals surface area (Å²) >= 11 is 1.66. The summed E-state index contributed by atoms with van der Waals surface area (Å²) in [4.78, 5) is 16.8. The molecule has 106 valence electrons. The molecule has 1 fully saturated rings. The predicted molar refractivity (Wildman–Crippen MR) is 82.0 cm³/mol. The van der Waals surface area contributed by atoms with Crippen molar-refractivity contribution in [1.29, 1.82) is 0 Å². The molecule has 0 saturated heterocycles. The van der Waals surface area contributed by atoms with E-state index in [-0.39, 0.29) is 5.91 Å². The van der Waals surface area contributed by atoms with Crippen LogP contribution in [0.15, 0.2) is 6.07 Å². The minimum absolute atomic E-state index is 0.224. The van der Waals surface area contributed by atoms with Crippen LogP contribution in [0.25, 0.3) is 0 Å². The quantitative estimate of drug-likeness (QED) is 0.799. The van der Waals surface area contributed by atoms with Crippen LogP contribution in [0.5, 0.6) is 0 Å². The highest BCUT2D eigenvalue weighted by Gasteiger charge is 2.24. The van der Waals surface area contributed by atoms with Crippen LogP contribution in [0.3, 0.4) is 0 Å². The molecule has 19 heavy (non-hydrogen) atoms. The van der Waals surface area contributed by atoms with Crippen molar-refractivity contribution < 1.29 is 4.79 Å². The molecule has 2 nitrogen and oxygen atoms in total. The zero-order valence-electron chi connectivity index (χ0n) is 12.4. The van der Waals surface area contributed by atoms with E-state index in [2.05, 4.69) is 19.9 Å². The van der Waals surface area contributed by atoms with Crippen LogP contribution in [0.4, 0.5) is 0 Å². The molecule has 1 saturated carbocycles. The highest BCUT2D eigenvalue weighted by atomic mass is 32.1. The number of aryl methyl sites for hydroxylation is 2. The number of hydrogen-bond acceptors (Lipinski definition) is 2. The van der Waals surface area contributed by atoms with Gasteiger partial charge in [-0.1, -0.05) is 32.6 Å². The monoisotopic (exact) mass is 279 g/mol. The number of amides is 1. The number of nitrogens with zero attached hydrogens (tertiary/aromatic N) is 1. The standard InChI is InChI=1S/C16H25NOS/c1-4-8-13-11-15(19-12(13)2)16(18)17(3)14-9-6-5-7-10-14/h11,14H,4-10H2,1-3H3. The van der Waals surface area contributed by atoms with Crippen LogP contribution >= 0.6 is 11.3 Å². The molecule has 3 heteroatoms. The lowest BCUT2D eigenvalue weighted by Crippen LogP contribution is -2.37. The highest BCUT2D eigenvalue weighted by Crippen LogP contribution is 2.27. The average Bonchev–Trinajstić information content (AvgIpc) is 2.80. The molecule has 0 radical (unpaired) electrons. The van der Waals surface area contributed by atoms with Gasteiger partial charge in [0.15, 0.2) is 0 Å². The van der Waals surface area contributed by atoms with Crippen LogP contribution < -0.4 is 0 Å². The van der Waals surface area contributed by atoms with E-state index in [0.717, 1.165) is 17.7 Å². The second-order valence-electron chi connectivity index (χ2n) is 5.65. The van der Waals surface area contributed by atoms with E-state index in [0.29, 0.717) is 6.04 Å². The minimum Gasteiger partial charge on any atom is -0.338 e. The summed E-state index contributed by atoms with van der Waals surface area (Å²) in [5.74, 6) is 0.224. The van der Waals surface area contributed by atoms with E-state index >= 15 is 0 Å². The third-order valence-electron chi connectivity index (χ3n) is 4.19. The van der Waals surface area contributed by atoms with E-state index in [1.807, 2.05) is 11.9 Å². The number of carbonyl (C=O) groups excluding carboxylic acids is 1. The van der Waals surface area contributed by atoms with Crippen molar-refractivity contribution in [2.45, 2.75) is 64.8 Å². The van der Waals surface area contributed by atoms with Gasteiger partial charge in [-0.25, -0.2) is 0 Å². The first-order valence-electron chi connectivity index (χ1n) is 7.50. The van der Waals surface area contributed by atoms with Gasteiger partial charge in [0.1, 0.15) is 0 Å². The number of thiophene rings is 1. The highest BCUT2D eigenvalue weighted by molar-refractivity contribution is 7.14. The molecule has 0 atom stereocenters. The lowest BCUT2D eigenvalue weighted by atomic mass is 9.94. The van der Waals surface area contributed by atoms with Gasteiger partial charge in [0, 0.05) is 18.0 Å². The van der Waals surface area contributed by atoms with Gasteiger partial charge in [0.05, 0.1) is 4.88 Å². The first kappa shape index (κ1) is 14.6. The molecular formula is C16H25NOS. The molecule has 0 unspecified atom stereocenters. The fraction of sp³-hybridized carbons (Fsp3) is 0.688. The van der Waals surface area contributed by atoms with Crippen LogP contribution in [-0.4, -0.2) is 23.9 Å². The molecule has 1 aromatic rings. The molecule has 1 aliphatic rings. The molecule has 1 heterocycles. The molecule has 0 aromatic carbocycles. The molecule has 1 aromatic heterocycles. The van der Waals surface area contributed by atoms with Crippen molar-refractivity contribution >= 4 is 17.2 Å². The fourth-order valence-electron chi connectivity index (χ4n) is 2.95. The van der Waals surface area contributed by atoms with Crippen molar-refractivity contribution in [2.75, 3.05) is 7.05 Å². The second kappa shape index (κ2) is 6.56. The summed E-state index contributed by atoms with van der Waals surface area (Å²) < 4.78 is 0. The zero-order valence-corrected chi connectivity index (χ0v) is 13.2. The van der Waals surface area contributed by atoms with Gasteiger partial charge in [-0.05, 0) is 37.8 Å². The fourth-order valence-corrected chi connectivity index (χ4v) is 4.01. The normalized spacial score (nSPS) is 16.6. The molecule has 0 N–H and O–H groups in total. The summed E-state index contributed by atoms with van der Waals surface area (Å²) in [6.45, 7) is 4.32. The van der Waals surface area contributed by atoms with Gasteiger partial charge in [-0.2, -0.15) is 0 Å². The Morgan fingerprint density at radius 1 is 1.37 bits per heavy atom. The van der Waals surface area contributed by atoms with E-state index in [1.165, 1.54) is 42.5 Å². The lowest BCUT2D eigenvalue weighted by molar-refractivity contribution is 0.0701. The summed E-state index contributed by atoms with van der Waals surface area (Å²) in [7, 11) is 1.98.